The van der Waals surface area contributed by atoms with Gasteiger partial charge >= 0.3 is 11.9 Å². The Morgan fingerprint density at radius 2 is 0.938 bits per heavy atom. The molecule has 0 aromatic heterocycles. The highest BCUT2D eigenvalue weighted by Crippen LogP contribution is 2.11. The van der Waals surface area contributed by atoms with Crippen LogP contribution in [0, 0.1) is 0 Å². The molecule has 0 amide bonds. The van der Waals surface area contributed by atoms with Crippen molar-refractivity contribution in [3.8, 4) is 0 Å². The predicted octanol–water partition coefficient (Wildman–Crippen LogP) is 12.4. The van der Waals surface area contributed by atoms with Crippen LogP contribution in [0.25, 0.3) is 0 Å². The quantitative estimate of drug-likeness (QED) is 0.0199. The molecule has 8 heteroatoms. The highest BCUT2D eigenvalue weighted by Gasteiger charge is 2.25. The maximum Gasteiger partial charge on any atom is 0.306 e. The SMILES string of the molecule is CC/C=C/C=C/C=C/C=C/C=C/C=C/C=C/CCCCCC(=O)OC(COCCC(C(=O)[O-])[N+](C)(C)C)COC(=O)CCCC/C=C/C/C=C/C/C=C/C/C=C/C/C=C/CCCCC. The second kappa shape index (κ2) is 44.8. The van der Waals surface area contributed by atoms with Crippen LogP contribution in [0.4, 0.5) is 0 Å². The number of carboxylic acid groups (broad SMARTS) is 1. The normalized spacial score (nSPS) is 14.2. The third-order valence-electron chi connectivity index (χ3n) is 9.65. The number of quaternary nitrogens is 1. The molecule has 0 aromatic rings. The molecular weight excluding hydrogens is 799 g/mol. The number of ether oxygens (including phenoxy) is 3. The lowest BCUT2D eigenvalue weighted by Crippen LogP contribution is -2.55. The predicted molar refractivity (Wildman–Crippen MR) is 267 cm³/mol. The number of carbonyl (C=O) groups is 3. The molecule has 2 atom stereocenters. The average Bonchev–Trinajstić information content (AvgIpc) is 3.26. The number of hydrogen-bond donors (Lipinski definition) is 0. The Hall–Kier alpha value is -4.79. The van der Waals surface area contributed by atoms with E-state index in [0.717, 1.165) is 64.2 Å². The molecule has 8 nitrogen and oxygen atoms in total. The van der Waals surface area contributed by atoms with E-state index in [4.69, 9.17) is 14.2 Å². The van der Waals surface area contributed by atoms with Crippen LogP contribution in [-0.4, -0.2) is 75.5 Å². The molecule has 0 aliphatic rings. The number of unbranched alkanes of at least 4 members (excludes halogenated alkanes) is 8. The Kier molecular flexibility index (Phi) is 41.5. The summed E-state index contributed by atoms with van der Waals surface area (Å²) in [6.45, 7) is 4.36. The van der Waals surface area contributed by atoms with Crippen LogP contribution in [-0.2, 0) is 28.6 Å². The summed E-state index contributed by atoms with van der Waals surface area (Å²) < 4.78 is 17.1. The summed E-state index contributed by atoms with van der Waals surface area (Å²) in [5.41, 5.74) is 0. The van der Waals surface area contributed by atoms with Crippen molar-refractivity contribution in [3.63, 3.8) is 0 Å². The Morgan fingerprint density at radius 1 is 0.500 bits per heavy atom. The highest BCUT2D eigenvalue weighted by atomic mass is 16.6. The molecule has 0 radical (unpaired) electrons. The van der Waals surface area contributed by atoms with Gasteiger partial charge in [-0.3, -0.25) is 9.59 Å². The zero-order chi connectivity index (χ0) is 47.0. The van der Waals surface area contributed by atoms with Crippen molar-refractivity contribution < 1.29 is 38.2 Å². The number of nitrogens with zero attached hydrogens (tertiary/aromatic N) is 1. The molecule has 2 unspecified atom stereocenters. The number of allylic oxidation sites excluding steroid dienone is 24. The summed E-state index contributed by atoms with van der Waals surface area (Å²) in [5.74, 6) is -1.88. The molecule has 0 aliphatic heterocycles. The van der Waals surface area contributed by atoms with Crippen LogP contribution in [0.1, 0.15) is 136 Å². The first-order chi connectivity index (χ1) is 31.1. The maximum absolute atomic E-state index is 12.7. The Balaban J connectivity index is 4.53. The molecule has 0 saturated heterocycles. The van der Waals surface area contributed by atoms with Gasteiger partial charge in [0.15, 0.2) is 6.10 Å². The van der Waals surface area contributed by atoms with E-state index in [-0.39, 0.29) is 55.5 Å². The molecule has 64 heavy (non-hydrogen) atoms. The fourth-order valence-corrected chi connectivity index (χ4v) is 5.95. The highest BCUT2D eigenvalue weighted by molar-refractivity contribution is 5.70. The third kappa shape index (κ3) is 42.5. The second-order valence-electron chi connectivity index (χ2n) is 16.4. The van der Waals surface area contributed by atoms with Gasteiger partial charge in [0, 0.05) is 19.3 Å². The minimum absolute atomic E-state index is 0.00417. The van der Waals surface area contributed by atoms with Gasteiger partial charge in [0.2, 0.25) is 0 Å². The van der Waals surface area contributed by atoms with E-state index in [0.29, 0.717) is 12.8 Å². The smallest absolute Gasteiger partial charge is 0.306 e. The topological polar surface area (TPSA) is 102 Å². The Morgan fingerprint density at radius 3 is 1.44 bits per heavy atom. The van der Waals surface area contributed by atoms with Crippen molar-refractivity contribution in [2.45, 2.75) is 148 Å². The van der Waals surface area contributed by atoms with E-state index in [9.17, 15) is 19.5 Å². The number of carbonyl (C=O) groups excluding carboxylic acids is 3. The summed E-state index contributed by atoms with van der Waals surface area (Å²) in [4.78, 5) is 37.0. The maximum atomic E-state index is 12.7. The zero-order valence-electron chi connectivity index (χ0n) is 40.4. The lowest BCUT2D eigenvalue weighted by Gasteiger charge is -2.34. The molecule has 0 saturated carbocycles. The van der Waals surface area contributed by atoms with Gasteiger partial charge in [0.1, 0.15) is 12.6 Å². The van der Waals surface area contributed by atoms with Crippen molar-refractivity contribution in [2.75, 3.05) is 41.0 Å². The molecule has 0 rings (SSSR count). The van der Waals surface area contributed by atoms with Crippen LogP contribution in [0.5, 0.6) is 0 Å². The Labute approximate surface area is 389 Å². The van der Waals surface area contributed by atoms with Crippen molar-refractivity contribution in [2.24, 2.45) is 0 Å². The van der Waals surface area contributed by atoms with Crippen LogP contribution < -0.4 is 5.11 Å². The van der Waals surface area contributed by atoms with Gasteiger partial charge < -0.3 is 28.6 Å². The summed E-state index contributed by atoms with van der Waals surface area (Å²) in [6, 6.07) is -0.753. The minimum Gasteiger partial charge on any atom is -0.544 e. The van der Waals surface area contributed by atoms with Crippen molar-refractivity contribution >= 4 is 17.9 Å². The molecule has 356 valence electrons. The lowest BCUT2D eigenvalue weighted by atomic mass is 10.1. The molecule has 0 aliphatic carbocycles. The van der Waals surface area contributed by atoms with E-state index in [1.54, 1.807) is 21.1 Å². The number of aliphatic carboxylic acids is 1. The largest absolute Gasteiger partial charge is 0.544 e. The molecular formula is C56H85NO7. The summed E-state index contributed by atoms with van der Waals surface area (Å²) in [7, 11) is 5.36. The van der Waals surface area contributed by atoms with E-state index >= 15 is 0 Å². The fraction of sp³-hybridized carbons (Fsp3) is 0.518. The minimum atomic E-state index is -1.15. The first-order valence-corrected chi connectivity index (χ1v) is 24.0. The van der Waals surface area contributed by atoms with E-state index < -0.39 is 18.1 Å². The summed E-state index contributed by atoms with van der Waals surface area (Å²) in [5, 5.41) is 11.7. The average molecular weight is 884 g/mol. The first kappa shape index (κ1) is 59.2. The van der Waals surface area contributed by atoms with E-state index in [2.05, 4.69) is 86.8 Å². The zero-order valence-corrected chi connectivity index (χ0v) is 40.4. The molecule has 0 spiro atoms. The number of likely N-dealkylation sites (N-methyl/N-ethyl adjacent to an activating group) is 1. The standard InChI is InChI=1S/C56H85NO7/c1-6-8-10-12-14-16-18-20-22-24-26-27-29-30-32-34-36-38-40-42-44-46-54(58)63-51-52(50-62-49-48-53(56(60)61)57(3,4)5)64-55(59)47-45-43-41-39-37-35-33-31-28-25-23-21-19-17-15-13-11-9-7-2/h9,11,13-17,19-23,25-28,30-33,35-38,52-53H,6-8,10,12,18,24,29,34,39-51H2,1-5H3/b11-9+,15-13+,16-14+,19-17+,22-20+,23-21+,27-26+,28-25+,32-30+,33-31+,37-35+,38-36+. The molecule has 0 bridgehead atoms. The molecule has 0 N–H and O–H groups in total. The third-order valence-corrected chi connectivity index (χ3v) is 9.65. The van der Waals surface area contributed by atoms with E-state index in [1.807, 2.05) is 72.9 Å². The fourth-order valence-electron chi connectivity index (χ4n) is 5.95. The molecule has 0 heterocycles. The van der Waals surface area contributed by atoms with Gasteiger partial charge in [-0.05, 0) is 83.5 Å². The summed E-state index contributed by atoms with van der Waals surface area (Å²) in [6.07, 6.45) is 65.9. The van der Waals surface area contributed by atoms with Gasteiger partial charge in [-0.2, -0.15) is 0 Å². The van der Waals surface area contributed by atoms with Crippen LogP contribution in [0.3, 0.4) is 0 Å². The number of hydrogen-bond acceptors (Lipinski definition) is 7. The number of esters is 2. The molecule has 0 aromatic carbocycles. The van der Waals surface area contributed by atoms with Gasteiger partial charge in [-0.1, -0.05) is 179 Å². The van der Waals surface area contributed by atoms with Gasteiger partial charge in [0.25, 0.3) is 0 Å². The van der Waals surface area contributed by atoms with Crippen LogP contribution in [0.15, 0.2) is 146 Å². The molecule has 0 fully saturated rings. The van der Waals surface area contributed by atoms with Crippen LogP contribution in [0.2, 0.25) is 0 Å². The lowest BCUT2D eigenvalue weighted by molar-refractivity contribution is -0.889. The van der Waals surface area contributed by atoms with Crippen molar-refractivity contribution in [1.82, 2.24) is 0 Å². The van der Waals surface area contributed by atoms with Crippen molar-refractivity contribution in [1.29, 1.82) is 0 Å². The number of carboxylic acids is 1. The second-order valence-corrected chi connectivity index (χ2v) is 16.4. The van der Waals surface area contributed by atoms with E-state index in [1.165, 1.54) is 25.7 Å². The Bertz CT molecular complexity index is 1540. The van der Waals surface area contributed by atoms with Gasteiger partial charge in [-0.15, -0.1) is 0 Å². The number of rotatable bonds is 40. The summed E-state index contributed by atoms with van der Waals surface area (Å²) >= 11 is 0. The van der Waals surface area contributed by atoms with Gasteiger partial charge in [-0.25, -0.2) is 0 Å². The van der Waals surface area contributed by atoms with Crippen LogP contribution >= 0.6 is 0 Å². The van der Waals surface area contributed by atoms with Crippen molar-refractivity contribution in [3.05, 3.63) is 146 Å². The monoisotopic (exact) mass is 884 g/mol. The first-order valence-electron chi connectivity index (χ1n) is 24.0. The van der Waals surface area contributed by atoms with Gasteiger partial charge in [0.05, 0.1) is 40.3 Å².